The molecule has 102 valence electrons. The molecule has 0 unspecified atom stereocenters. The standard InChI is InChI=1S/C14H17F2N3/c1-5-10-11(15)7-17-14(13(10)16)9(3)12-6-8(2)18-19(12)4/h6-7,9H,5H2,1-4H3/t9-/m1/s1. The Morgan fingerprint density at radius 3 is 2.58 bits per heavy atom. The fourth-order valence-corrected chi connectivity index (χ4v) is 2.32. The Balaban J connectivity index is 2.50. The van der Waals surface area contributed by atoms with Gasteiger partial charge in [-0.15, -0.1) is 0 Å². The second-order valence-electron chi connectivity index (χ2n) is 4.69. The number of halogens is 2. The molecular weight excluding hydrogens is 248 g/mol. The van der Waals surface area contributed by atoms with Crippen molar-refractivity contribution in [2.24, 2.45) is 7.05 Å². The lowest BCUT2D eigenvalue weighted by Gasteiger charge is -2.14. The summed E-state index contributed by atoms with van der Waals surface area (Å²) in [5, 5.41) is 4.24. The molecule has 0 aliphatic heterocycles. The zero-order valence-corrected chi connectivity index (χ0v) is 11.5. The molecule has 2 heterocycles. The number of aromatic nitrogens is 3. The highest BCUT2D eigenvalue weighted by molar-refractivity contribution is 5.29. The molecule has 0 spiro atoms. The first-order valence-electron chi connectivity index (χ1n) is 6.29. The van der Waals surface area contributed by atoms with Crippen LogP contribution in [-0.4, -0.2) is 14.8 Å². The zero-order valence-electron chi connectivity index (χ0n) is 11.5. The third kappa shape index (κ3) is 2.37. The minimum atomic E-state index is -0.586. The summed E-state index contributed by atoms with van der Waals surface area (Å²) in [4.78, 5) is 3.92. The van der Waals surface area contributed by atoms with Gasteiger partial charge in [0.05, 0.1) is 17.6 Å². The molecule has 0 aromatic carbocycles. The second kappa shape index (κ2) is 5.07. The van der Waals surface area contributed by atoms with Gasteiger partial charge >= 0.3 is 0 Å². The topological polar surface area (TPSA) is 30.7 Å². The molecule has 0 amide bonds. The lowest BCUT2D eigenvalue weighted by molar-refractivity contribution is 0.525. The van der Waals surface area contributed by atoms with E-state index >= 15 is 0 Å². The van der Waals surface area contributed by atoms with Crippen LogP contribution in [0.4, 0.5) is 8.78 Å². The maximum Gasteiger partial charge on any atom is 0.151 e. The van der Waals surface area contributed by atoms with Gasteiger partial charge in [0.25, 0.3) is 0 Å². The molecule has 0 radical (unpaired) electrons. The predicted molar refractivity (Wildman–Crippen MR) is 69.0 cm³/mol. The number of pyridine rings is 1. The van der Waals surface area contributed by atoms with E-state index in [0.717, 1.165) is 17.6 Å². The SMILES string of the molecule is CCc1c(F)cnc([C@H](C)c2cc(C)nn2C)c1F. The molecule has 2 aromatic heterocycles. The maximum absolute atomic E-state index is 14.3. The summed E-state index contributed by atoms with van der Waals surface area (Å²) in [5.74, 6) is -1.40. The van der Waals surface area contributed by atoms with E-state index in [-0.39, 0.29) is 17.2 Å². The Hall–Kier alpha value is -1.78. The van der Waals surface area contributed by atoms with Crippen LogP contribution in [0.2, 0.25) is 0 Å². The van der Waals surface area contributed by atoms with Crippen molar-refractivity contribution in [3.63, 3.8) is 0 Å². The highest BCUT2D eigenvalue weighted by atomic mass is 19.1. The number of hydrogen-bond donors (Lipinski definition) is 0. The number of hydrogen-bond acceptors (Lipinski definition) is 2. The third-order valence-corrected chi connectivity index (χ3v) is 3.34. The summed E-state index contributed by atoms with van der Waals surface area (Å²) in [7, 11) is 1.81. The Labute approximate surface area is 111 Å². The van der Waals surface area contributed by atoms with Gasteiger partial charge in [-0.3, -0.25) is 9.67 Å². The normalized spacial score (nSPS) is 12.7. The average molecular weight is 265 g/mol. The molecule has 0 N–H and O–H groups in total. The second-order valence-corrected chi connectivity index (χ2v) is 4.69. The maximum atomic E-state index is 14.3. The molecule has 0 aliphatic carbocycles. The molecule has 0 saturated heterocycles. The van der Waals surface area contributed by atoms with Crippen LogP contribution in [-0.2, 0) is 13.5 Å². The average Bonchev–Trinajstić information content (AvgIpc) is 2.68. The largest absolute Gasteiger partial charge is 0.272 e. The van der Waals surface area contributed by atoms with E-state index in [0.29, 0.717) is 6.42 Å². The smallest absolute Gasteiger partial charge is 0.151 e. The lowest BCUT2D eigenvalue weighted by atomic mass is 9.99. The van der Waals surface area contributed by atoms with Gasteiger partial charge in [0.1, 0.15) is 5.82 Å². The summed E-state index contributed by atoms with van der Waals surface area (Å²) in [6.07, 6.45) is 1.40. The van der Waals surface area contributed by atoms with Crippen molar-refractivity contribution < 1.29 is 8.78 Å². The van der Waals surface area contributed by atoms with Gasteiger partial charge in [-0.1, -0.05) is 13.8 Å². The van der Waals surface area contributed by atoms with E-state index in [1.807, 2.05) is 19.9 Å². The van der Waals surface area contributed by atoms with Gasteiger partial charge in [0.15, 0.2) is 5.82 Å². The van der Waals surface area contributed by atoms with E-state index in [1.165, 1.54) is 0 Å². The van der Waals surface area contributed by atoms with Gasteiger partial charge in [-0.2, -0.15) is 5.10 Å². The van der Waals surface area contributed by atoms with E-state index in [2.05, 4.69) is 10.1 Å². The molecule has 2 aromatic rings. The molecule has 1 atom stereocenters. The Morgan fingerprint density at radius 2 is 2.05 bits per heavy atom. The van der Waals surface area contributed by atoms with Crippen molar-refractivity contribution in [3.8, 4) is 0 Å². The molecular formula is C14H17F2N3. The minimum absolute atomic E-state index is 0.0933. The third-order valence-electron chi connectivity index (χ3n) is 3.34. The van der Waals surface area contributed by atoms with Crippen molar-refractivity contribution in [1.29, 1.82) is 0 Å². The van der Waals surface area contributed by atoms with Crippen LogP contribution >= 0.6 is 0 Å². The molecule has 19 heavy (non-hydrogen) atoms. The van der Waals surface area contributed by atoms with Crippen molar-refractivity contribution in [2.45, 2.75) is 33.1 Å². The van der Waals surface area contributed by atoms with Crippen LogP contribution in [0.1, 0.15) is 42.4 Å². The highest BCUT2D eigenvalue weighted by Gasteiger charge is 2.22. The monoisotopic (exact) mass is 265 g/mol. The Morgan fingerprint density at radius 1 is 1.37 bits per heavy atom. The van der Waals surface area contributed by atoms with Gasteiger partial charge in [-0.05, 0) is 19.4 Å². The molecule has 3 nitrogen and oxygen atoms in total. The molecule has 2 rings (SSSR count). The van der Waals surface area contributed by atoms with Crippen LogP contribution in [0.3, 0.4) is 0 Å². The Bertz CT molecular complexity index is 605. The zero-order chi connectivity index (χ0) is 14.2. The van der Waals surface area contributed by atoms with E-state index in [1.54, 1.807) is 18.7 Å². The van der Waals surface area contributed by atoms with Crippen molar-refractivity contribution in [1.82, 2.24) is 14.8 Å². The quantitative estimate of drug-likeness (QED) is 0.853. The predicted octanol–water partition coefficient (Wildman–Crippen LogP) is 3.12. The van der Waals surface area contributed by atoms with E-state index < -0.39 is 11.6 Å². The van der Waals surface area contributed by atoms with Crippen LogP contribution in [0.5, 0.6) is 0 Å². The van der Waals surface area contributed by atoms with Crippen LogP contribution in [0.25, 0.3) is 0 Å². The fourth-order valence-electron chi connectivity index (χ4n) is 2.32. The number of aryl methyl sites for hydroxylation is 2. The van der Waals surface area contributed by atoms with Gasteiger partial charge in [-0.25, -0.2) is 8.78 Å². The fraction of sp³-hybridized carbons (Fsp3) is 0.429. The Kier molecular flexibility index (Phi) is 3.64. The summed E-state index contributed by atoms with van der Waals surface area (Å²) in [6, 6.07) is 1.89. The number of nitrogens with zero attached hydrogens (tertiary/aromatic N) is 3. The van der Waals surface area contributed by atoms with Crippen molar-refractivity contribution in [3.05, 3.63) is 46.5 Å². The van der Waals surface area contributed by atoms with Crippen molar-refractivity contribution in [2.75, 3.05) is 0 Å². The van der Waals surface area contributed by atoms with Crippen LogP contribution in [0, 0.1) is 18.6 Å². The molecule has 0 bridgehead atoms. The van der Waals surface area contributed by atoms with Crippen LogP contribution < -0.4 is 0 Å². The summed E-state index contributed by atoms with van der Waals surface area (Å²) < 4.78 is 29.4. The summed E-state index contributed by atoms with van der Waals surface area (Å²) in [6.45, 7) is 5.45. The number of rotatable bonds is 3. The van der Waals surface area contributed by atoms with Gasteiger partial charge < -0.3 is 0 Å². The highest BCUT2D eigenvalue weighted by Crippen LogP contribution is 2.27. The van der Waals surface area contributed by atoms with Crippen LogP contribution in [0.15, 0.2) is 12.3 Å². The van der Waals surface area contributed by atoms with E-state index in [4.69, 9.17) is 0 Å². The molecule has 0 fully saturated rings. The first-order chi connectivity index (χ1) is 8.95. The van der Waals surface area contributed by atoms with Gasteiger partial charge in [0.2, 0.25) is 0 Å². The molecule has 0 saturated carbocycles. The molecule has 5 heteroatoms. The minimum Gasteiger partial charge on any atom is -0.272 e. The van der Waals surface area contributed by atoms with Gasteiger partial charge in [0, 0.05) is 24.2 Å². The lowest BCUT2D eigenvalue weighted by Crippen LogP contribution is -2.10. The molecule has 0 aliphatic rings. The van der Waals surface area contributed by atoms with E-state index in [9.17, 15) is 8.78 Å². The van der Waals surface area contributed by atoms with Crippen molar-refractivity contribution >= 4 is 0 Å². The summed E-state index contributed by atoms with van der Waals surface area (Å²) >= 11 is 0. The summed E-state index contributed by atoms with van der Waals surface area (Å²) in [5.41, 5.74) is 2.08. The first-order valence-corrected chi connectivity index (χ1v) is 6.29. The first kappa shape index (κ1) is 13.6.